The molecule has 0 saturated carbocycles. The molecule has 1 atom stereocenters. The van der Waals surface area contributed by atoms with Crippen molar-refractivity contribution in [2.75, 3.05) is 0 Å². The van der Waals surface area contributed by atoms with Gasteiger partial charge in [0.2, 0.25) is 0 Å². The second kappa shape index (κ2) is 13.9. The van der Waals surface area contributed by atoms with E-state index < -0.39 is 0 Å². The van der Waals surface area contributed by atoms with E-state index in [4.69, 9.17) is 14.8 Å². The summed E-state index contributed by atoms with van der Waals surface area (Å²) in [5.41, 5.74) is 10.4. The largest absolute Gasteiger partial charge is 2.00 e. The minimum atomic E-state index is 0. The van der Waals surface area contributed by atoms with Gasteiger partial charge in [0, 0.05) is 35.0 Å². The first-order valence-electron chi connectivity index (χ1n) is 16.6. The van der Waals surface area contributed by atoms with Crippen LogP contribution in [0.25, 0.3) is 44.4 Å². The van der Waals surface area contributed by atoms with Crippen molar-refractivity contribution in [3.8, 4) is 34.1 Å². The molecule has 3 heterocycles. The molecule has 244 valence electrons. The molecule has 0 bridgehead atoms. The zero-order valence-electron chi connectivity index (χ0n) is 28.3. The summed E-state index contributed by atoms with van der Waals surface area (Å²) in [7, 11) is 0. The van der Waals surface area contributed by atoms with Crippen molar-refractivity contribution in [3.05, 3.63) is 132 Å². The molecular formula is C42H40N4OPt. The first-order valence-corrected chi connectivity index (χ1v) is 16.6. The van der Waals surface area contributed by atoms with E-state index in [0.717, 1.165) is 38.9 Å². The van der Waals surface area contributed by atoms with Crippen molar-refractivity contribution in [1.82, 2.24) is 19.3 Å². The predicted molar refractivity (Wildman–Crippen MR) is 192 cm³/mol. The zero-order chi connectivity index (χ0) is 32.7. The summed E-state index contributed by atoms with van der Waals surface area (Å²) in [5, 5.41) is 6.98. The van der Waals surface area contributed by atoms with E-state index in [1.807, 2.05) is 41.3 Å². The first-order chi connectivity index (χ1) is 22.8. The third-order valence-corrected chi connectivity index (χ3v) is 9.16. The number of hydrogen-bond acceptors (Lipinski definition) is 3. The Morgan fingerprint density at radius 2 is 1.58 bits per heavy atom. The van der Waals surface area contributed by atoms with Crippen molar-refractivity contribution in [2.24, 2.45) is 0 Å². The molecule has 7 aromatic rings. The zero-order valence-corrected chi connectivity index (χ0v) is 30.6. The fraction of sp³-hybridized carbons (Fsp3) is 0.238. The van der Waals surface area contributed by atoms with Crippen LogP contribution in [0.5, 0.6) is 11.5 Å². The fourth-order valence-electron chi connectivity index (χ4n) is 6.76. The maximum absolute atomic E-state index is 6.40. The van der Waals surface area contributed by atoms with E-state index in [0.29, 0.717) is 23.3 Å². The molecule has 0 aliphatic carbocycles. The molecule has 0 amide bonds. The normalized spacial score (nSPS) is 12.1. The number of aromatic nitrogens is 4. The van der Waals surface area contributed by atoms with Crippen LogP contribution in [-0.4, -0.2) is 19.3 Å². The van der Waals surface area contributed by atoms with Gasteiger partial charge in [-0.2, -0.15) is 17.2 Å². The van der Waals surface area contributed by atoms with E-state index in [1.165, 1.54) is 40.7 Å². The summed E-state index contributed by atoms with van der Waals surface area (Å²) in [6.45, 7) is 13.4. The number of rotatable bonds is 9. The molecule has 0 aliphatic heterocycles. The Morgan fingerprint density at radius 3 is 2.35 bits per heavy atom. The van der Waals surface area contributed by atoms with E-state index in [2.05, 4.69) is 119 Å². The van der Waals surface area contributed by atoms with Gasteiger partial charge < -0.3 is 9.30 Å². The minimum Gasteiger partial charge on any atom is -0.509 e. The molecule has 0 fully saturated rings. The Labute approximate surface area is 297 Å². The van der Waals surface area contributed by atoms with Crippen LogP contribution in [0.4, 0.5) is 0 Å². The molecule has 7 rings (SSSR count). The van der Waals surface area contributed by atoms with Gasteiger partial charge in [-0.1, -0.05) is 70.0 Å². The van der Waals surface area contributed by atoms with E-state index >= 15 is 0 Å². The van der Waals surface area contributed by atoms with Gasteiger partial charge in [0.05, 0.1) is 6.20 Å². The molecule has 0 radical (unpaired) electrons. The van der Waals surface area contributed by atoms with E-state index in [-0.39, 0.29) is 21.1 Å². The Bertz CT molecular complexity index is 2200. The average molecular weight is 812 g/mol. The molecule has 0 saturated heterocycles. The van der Waals surface area contributed by atoms with Gasteiger partial charge >= 0.3 is 21.1 Å². The Morgan fingerprint density at radius 1 is 0.812 bits per heavy atom. The number of ether oxygens (including phenoxy) is 1. The molecular weight excluding hydrogens is 772 g/mol. The Balaban J connectivity index is 0.00000401. The maximum Gasteiger partial charge on any atom is 2.00 e. The van der Waals surface area contributed by atoms with Crippen LogP contribution >= 0.6 is 0 Å². The van der Waals surface area contributed by atoms with Gasteiger partial charge in [0.25, 0.3) is 0 Å². The van der Waals surface area contributed by atoms with Crippen LogP contribution in [0.2, 0.25) is 0 Å². The van der Waals surface area contributed by atoms with Gasteiger partial charge in [0.15, 0.2) is 0 Å². The number of pyridine rings is 1. The van der Waals surface area contributed by atoms with Crippen molar-refractivity contribution in [1.29, 1.82) is 0 Å². The van der Waals surface area contributed by atoms with E-state index in [9.17, 15) is 0 Å². The maximum atomic E-state index is 6.40. The number of fused-ring (bicyclic) bond motifs is 3. The number of hydrogen-bond donors (Lipinski definition) is 0. The Kier molecular flexibility index (Phi) is 9.71. The second-order valence-corrected chi connectivity index (χ2v) is 12.9. The fourth-order valence-corrected chi connectivity index (χ4v) is 6.76. The summed E-state index contributed by atoms with van der Waals surface area (Å²) in [6.07, 6.45) is 8.29. The minimum absolute atomic E-state index is 0. The van der Waals surface area contributed by atoms with Crippen molar-refractivity contribution in [3.63, 3.8) is 0 Å². The molecule has 0 spiro atoms. The second-order valence-electron chi connectivity index (χ2n) is 12.9. The molecule has 6 heteroatoms. The summed E-state index contributed by atoms with van der Waals surface area (Å²) < 4.78 is 10.4. The van der Waals surface area contributed by atoms with Crippen LogP contribution in [0.15, 0.2) is 97.5 Å². The number of para-hydroxylation sites is 1. The summed E-state index contributed by atoms with van der Waals surface area (Å²) in [5.74, 6) is 3.03. The predicted octanol–water partition coefficient (Wildman–Crippen LogP) is 11.1. The number of aryl methyl sites for hydroxylation is 2. The molecule has 3 aromatic heterocycles. The third kappa shape index (κ3) is 6.36. The molecule has 0 aliphatic rings. The van der Waals surface area contributed by atoms with Crippen LogP contribution in [0, 0.1) is 26.0 Å². The quantitative estimate of drug-likeness (QED) is 0.136. The van der Waals surface area contributed by atoms with Crippen molar-refractivity contribution in [2.45, 2.75) is 66.2 Å². The van der Waals surface area contributed by atoms with Gasteiger partial charge in [-0.25, -0.2) is 4.98 Å². The number of nitrogens with zero attached hydrogens (tertiary/aromatic N) is 4. The first kappa shape index (κ1) is 33.4. The SMILES string of the molecule is CCCC(C)c1cc(C)c(-c2cnn(-c3[c-]c(Oc4[c-]c5c(cc4)c4ccccc4n5-c4cc(C(C)C)ccn4)ccc3)c2)c(C)c1.[Pt+2]. The van der Waals surface area contributed by atoms with Crippen LogP contribution in [-0.2, 0) is 21.1 Å². The summed E-state index contributed by atoms with van der Waals surface area (Å²) >= 11 is 0. The van der Waals surface area contributed by atoms with Crippen molar-refractivity contribution < 1.29 is 25.8 Å². The standard InChI is InChI=1S/C42H40N4O.Pt/c1-7-11-28(4)32-20-29(5)42(30(6)21-32)33-25-44-45(26-33)34-12-10-13-35(23-34)47-36-16-17-38-37-14-8-9-15-39(37)46(40(38)24-36)41-22-31(27(2)3)18-19-43-41;/h8-10,12-22,25-28H,7,11H2,1-6H3;/q-2;+2. The van der Waals surface area contributed by atoms with Gasteiger partial charge in [0.1, 0.15) is 5.82 Å². The van der Waals surface area contributed by atoms with Crippen molar-refractivity contribution >= 4 is 21.8 Å². The molecule has 0 N–H and O–H groups in total. The van der Waals surface area contributed by atoms with Gasteiger partial charge in [-0.05, 0) is 89.2 Å². The van der Waals surface area contributed by atoms with Crippen LogP contribution in [0.1, 0.15) is 74.6 Å². The van der Waals surface area contributed by atoms with E-state index in [1.54, 1.807) is 0 Å². The van der Waals surface area contributed by atoms with Gasteiger partial charge in [-0.15, -0.1) is 35.7 Å². The third-order valence-electron chi connectivity index (χ3n) is 9.16. The molecule has 5 nitrogen and oxygen atoms in total. The molecule has 48 heavy (non-hydrogen) atoms. The van der Waals surface area contributed by atoms with Gasteiger partial charge in [-0.3, -0.25) is 4.68 Å². The monoisotopic (exact) mass is 811 g/mol. The summed E-state index contributed by atoms with van der Waals surface area (Å²) in [6, 6.07) is 34.3. The molecule has 4 aromatic carbocycles. The summed E-state index contributed by atoms with van der Waals surface area (Å²) in [4.78, 5) is 4.76. The topological polar surface area (TPSA) is 44.9 Å². The van der Waals surface area contributed by atoms with Crippen LogP contribution < -0.4 is 4.74 Å². The molecule has 1 unspecified atom stereocenters. The smallest absolute Gasteiger partial charge is 0.509 e. The Hall–Kier alpha value is -4.47. The van der Waals surface area contributed by atoms with Crippen LogP contribution in [0.3, 0.4) is 0 Å². The number of benzene rings is 4. The average Bonchev–Trinajstić information content (AvgIpc) is 3.68.